The second-order valence-corrected chi connectivity index (χ2v) is 3.33. The number of hydrogen-bond donors (Lipinski definition) is 1. The number of nitrogens with zero attached hydrogens (tertiary/aromatic N) is 2. The number of amides is 1. The van der Waals surface area contributed by atoms with E-state index in [-0.39, 0.29) is 18.0 Å². The zero-order valence-electron chi connectivity index (χ0n) is 8.19. The summed E-state index contributed by atoms with van der Waals surface area (Å²) in [7, 11) is 0. The highest BCUT2D eigenvalue weighted by molar-refractivity contribution is 5.79. The molecule has 0 aliphatic heterocycles. The fourth-order valence-electron chi connectivity index (χ4n) is 1.03. The molecular formula is C9H15N3O. The van der Waals surface area contributed by atoms with Crippen molar-refractivity contribution in [1.29, 1.82) is 0 Å². The van der Waals surface area contributed by atoms with Gasteiger partial charge < -0.3 is 5.32 Å². The predicted octanol–water partition coefficient (Wildman–Crippen LogP) is 0.969. The highest BCUT2D eigenvalue weighted by atomic mass is 16.2. The lowest BCUT2D eigenvalue weighted by atomic mass is 10.3. The van der Waals surface area contributed by atoms with Gasteiger partial charge in [-0.1, -0.05) is 0 Å². The third kappa shape index (κ3) is 2.57. The quantitative estimate of drug-likeness (QED) is 0.755. The first-order valence-corrected chi connectivity index (χ1v) is 4.40. The van der Waals surface area contributed by atoms with E-state index in [1.807, 2.05) is 20.8 Å². The average molecular weight is 181 g/mol. The molecule has 0 fully saturated rings. The summed E-state index contributed by atoms with van der Waals surface area (Å²) in [6.07, 6.45) is 3.45. The summed E-state index contributed by atoms with van der Waals surface area (Å²) in [4.78, 5) is 11.5. The number of hydrogen-bond acceptors (Lipinski definition) is 2. The molecule has 72 valence electrons. The molecule has 1 atom stereocenters. The van der Waals surface area contributed by atoms with Crippen molar-refractivity contribution in [1.82, 2.24) is 15.1 Å². The van der Waals surface area contributed by atoms with Gasteiger partial charge in [-0.2, -0.15) is 5.10 Å². The first-order chi connectivity index (χ1) is 6.11. The second-order valence-electron chi connectivity index (χ2n) is 3.33. The molecule has 0 spiro atoms. The molecule has 1 unspecified atom stereocenters. The van der Waals surface area contributed by atoms with E-state index in [0.29, 0.717) is 0 Å². The smallest absolute Gasteiger partial charge is 0.244 e. The molecule has 4 heteroatoms. The lowest BCUT2D eigenvalue weighted by Crippen LogP contribution is -2.35. The van der Waals surface area contributed by atoms with Crippen LogP contribution in [0.3, 0.4) is 0 Å². The Hall–Kier alpha value is -1.32. The normalized spacial score (nSPS) is 12.9. The number of carbonyl (C=O) groups is 1. The Kier molecular flexibility index (Phi) is 3.06. The fraction of sp³-hybridized carbons (Fsp3) is 0.556. The van der Waals surface area contributed by atoms with Crippen LogP contribution in [0, 0.1) is 0 Å². The molecule has 4 nitrogen and oxygen atoms in total. The van der Waals surface area contributed by atoms with E-state index in [9.17, 15) is 4.79 Å². The standard InChI is InChI=1S/C9H15N3O/c1-7(2)11-9(13)8(3)12-6-4-5-10-12/h4-8H,1-3H3,(H,11,13). The molecule has 0 saturated carbocycles. The molecule has 1 heterocycles. The summed E-state index contributed by atoms with van der Waals surface area (Å²) >= 11 is 0. The molecule has 0 aliphatic rings. The van der Waals surface area contributed by atoms with Crippen molar-refractivity contribution in [3.63, 3.8) is 0 Å². The van der Waals surface area contributed by atoms with Crippen LogP contribution < -0.4 is 5.32 Å². The molecular weight excluding hydrogens is 166 g/mol. The van der Waals surface area contributed by atoms with Gasteiger partial charge in [-0.3, -0.25) is 9.48 Å². The molecule has 1 aromatic heterocycles. The van der Waals surface area contributed by atoms with E-state index in [2.05, 4.69) is 10.4 Å². The maximum Gasteiger partial charge on any atom is 0.244 e. The van der Waals surface area contributed by atoms with E-state index in [1.54, 1.807) is 23.1 Å². The van der Waals surface area contributed by atoms with Crippen LogP contribution in [0.5, 0.6) is 0 Å². The summed E-state index contributed by atoms with van der Waals surface area (Å²) in [5.74, 6) is -0.00120. The monoisotopic (exact) mass is 181 g/mol. The van der Waals surface area contributed by atoms with Crippen molar-refractivity contribution in [2.45, 2.75) is 32.9 Å². The zero-order valence-corrected chi connectivity index (χ0v) is 8.19. The number of aromatic nitrogens is 2. The number of carbonyl (C=O) groups excluding carboxylic acids is 1. The molecule has 0 bridgehead atoms. The van der Waals surface area contributed by atoms with Crippen LogP contribution in [0.25, 0.3) is 0 Å². The minimum Gasteiger partial charge on any atom is -0.352 e. The van der Waals surface area contributed by atoms with Gasteiger partial charge in [0.1, 0.15) is 6.04 Å². The largest absolute Gasteiger partial charge is 0.352 e. The summed E-state index contributed by atoms with van der Waals surface area (Å²) in [6, 6.07) is 1.74. The highest BCUT2D eigenvalue weighted by Crippen LogP contribution is 2.02. The highest BCUT2D eigenvalue weighted by Gasteiger charge is 2.14. The van der Waals surface area contributed by atoms with Gasteiger partial charge in [0.15, 0.2) is 0 Å². The Morgan fingerprint density at radius 2 is 2.15 bits per heavy atom. The van der Waals surface area contributed by atoms with Crippen molar-refractivity contribution in [3.8, 4) is 0 Å². The summed E-state index contributed by atoms with van der Waals surface area (Å²) in [5.41, 5.74) is 0. The van der Waals surface area contributed by atoms with Crippen LogP contribution in [0.15, 0.2) is 18.5 Å². The Morgan fingerprint density at radius 1 is 1.46 bits per heavy atom. The van der Waals surface area contributed by atoms with Gasteiger partial charge in [0.25, 0.3) is 0 Å². The van der Waals surface area contributed by atoms with Crippen LogP contribution in [0.2, 0.25) is 0 Å². The molecule has 1 amide bonds. The molecule has 1 rings (SSSR count). The van der Waals surface area contributed by atoms with Crippen molar-refractivity contribution in [2.24, 2.45) is 0 Å². The first-order valence-electron chi connectivity index (χ1n) is 4.40. The van der Waals surface area contributed by atoms with Gasteiger partial charge in [-0.25, -0.2) is 0 Å². The van der Waals surface area contributed by atoms with Crippen LogP contribution in [-0.2, 0) is 4.79 Å². The van der Waals surface area contributed by atoms with Crippen LogP contribution in [-0.4, -0.2) is 21.7 Å². The maximum absolute atomic E-state index is 11.5. The van der Waals surface area contributed by atoms with Crippen molar-refractivity contribution in [3.05, 3.63) is 18.5 Å². The first kappa shape index (κ1) is 9.77. The minimum atomic E-state index is -0.239. The third-order valence-corrected chi connectivity index (χ3v) is 1.73. The Morgan fingerprint density at radius 3 is 2.62 bits per heavy atom. The van der Waals surface area contributed by atoms with Crippen LogP contribution >= 0.6 is 0 Å². The summed E-state index contributed by atoms with van der Waals surface area (Å²) in [6.45, 7) is 5.70. The van der Waals surface area contributed by atoms with Crippen molar-refractivity contribution < 1.29 is 4.79 Å². The van der Waals surface area contributed by atoms with Gasteiger partial charge in [-0.05, 0) is 26.8 Å². The molecule has 0 radical (unpaired) electrons. The molecule has 1 N–H and O–H groups in total. The van der Waals surface area contributed by atoms with Gasteiger partial charge in [0, 0.05) is 18.4 Å². The summed E-state index contributed by atoms with van der Waals surface area (Å²) in [5, 5.41) is 6.83. The molecule has 0 aromatic carbocycles. The van der Waals surface area contributed by atoms with E-state index >= 15 is 0 Å². The average Bonchev–Trinajstić information content (AvgIpc) is 2.53. The number of rotatable bonds is 3. The second kappa shape index (κ2) is 4.07. The third-order valence-electron chi connectivity index (χ3n) is 1.73. The van der Waals surface area contributed by atoms with Gasteiger partial charge in [-0.15, -0.1) is 0 Å². The van der Waals surface area contributed by atoms with Crippen LogP contribution in [0.4, 0.5) is 0 Å². The Labute approximate surface area is 77.9 Å². The predicted molar refractivity (Wildman–Crippen MR) is 50.2 cm³/mol. The van der Waals surface area contributed by atoms with E-state index in [1.165, 1.54) is 0 Å². The maximum atomic E-state index is 11.5. The van der Waals surface area contributed by atoms with Crippen LogP contribution in [0.1, 0.15) is 26.8 Å². The van der Waals surface area contributed by atoms with E-state index in [4.69, 9.17) is 0 Å². The van der Waals surface area contributed by atoms with E-state index in [0.717, 1.165) is 0 Å². The lowest BCUT2D eigenvalue weighted by molar-refractivity contribution is -0.124. The summed E-state index contributed by atoms with van der Waals surface area (Å²) < 4.78 is 1.64. The van der Waals surface area contributed by atoms with E-state index < -0.39 is 0 Å². The topological polar surface area (TPSA) is 46.9 Å². The Balaban J connectivity index is 2.58. The number of nitrogens with one attached hydrogen (secondary N) is 1. The molecule has 13 heavy (non-hydrogen) atoms. The Bertz CT molecular complexity index is 266. The van der Waals surface area contributed by atoms with Crippen molar-refractivity contribution in [2.75, 3.05) is 0 Å². The van der Waals surface area contributed by atoms with Crippen molar-refractivity contribution >= 4 is 5.91 Å². The lowest BCUT2D eigenvalue weighted by Gasteiger charge is -2.14. The molecule has 1 aromatic rings. The molecule has 0 aliphatic carbocycles. The fourth-order valence-corrected chi connectivity index (χ4v) is 1.03. The van der Waals surface area contributed by atoms with Gasteiger partial charge in [0.05, 0.1) is 0 Å². The zero-order chi connectivity index (χ0) is 9.84. The van der Waals surface area contributed by atoms with Gasteiger partial charge in [0.2, 0.25) is 5.91 Å². The van der Waals surface area contributed by atoms with Gasteiger partial charge >= 0.3 is 0 Å². The minimum absolute atomic E-state index is 0.00120. The molecule has 0 saturated heterocycles. The SMILES string of the molecule is CC(C)NC(=O)C(C)n1cccn1.